The number of carbonyl (C=O) groups is 2. The van der Waals surface area contributed by atoms with Crippen LogP contribution < -0.4 is 10.2 Å². The molecule has 0 aromatic rings. The number of sulfonamides is 1. The molecule has 39 heavy (non-hydrogen) atoms. The zero-order chi connectivity index (χ0) is 31.7. The van der Waals surface area contributed by atoms with Gasteiger partial charge in [-0.1, -0.05) is 0 Å². The molecule has 0 spiro atoms. The first-order valence-corrected chi connectivity index (χ1v) is 11.5. The van der Waals surface area contributed by atoms with Crippen molar-refractivity contribution < 1.29 is 89.8 Å². The molecule has 0 heterocycles. The quantitative estimate of drug-likeness (QED) is 0.187. The van der Waals surface area contributed by atoms with E-state index >= 15 is 0 Å². The van der Waals surface area contributed by atoms with Crippen LogP contribution in [0, 0.1) is 0 Å². The number of alkyl halides is 13. The first-order valence-electron chi connectivity index (χ1n) is 10.1. The Morgan fingerprint density at radius 2 is 1.08 bits per heavy atom. The van der Waals surface area contributed by atoms with E-state index in [-0.39, 0.29) is 11.0 Å². The third-order valence-corrected chi connectivity index (χ3v) is 7.18. The molecule has 0 unspecified atom stereocenters. The summed E-state index contributed by atoms with van der Waals surface area (Å²) >= 11 is 0. The molecule has 0 amide bonds. The topological polar surface area (TPSA) is 118 Å². The number of carbonyl (C=O) groups excluding carboxylic acids is 2. The van der Waals surface area contributed by atoms with Crippen LogP contribution in [-0.2, 0) is 19.6 Å². The Hall–Kier alpha value is -2.10. The largest absolute Gasteiger partial charge is 0.550 e. The second-order valence-corrected chi connectivity index (χ2v) is 10.7. The molecule has 0 saturated heterocycles. The zero-order valence-electron chi connectivity index (χ0n) is 19.6. The molecular formula is C17H20F13N2O6S-. The highest BCUT2D eigenvalue weighted by Crippen LogP contribution is 2.61. The summed E-state index contributed by atoms with van der Waals surface area (Å²) in [4.78, 5) is 21.1. The smallest absolute Gasteiger partial charge is 0.460 e. The Kier molecular flexibility index (Phi) is 10.8. The minimum Gasteiger partial charge on any atom is -0.550 e. The van der Waals surface area contributed by atoms with Crippen LogP contribution in [0.5, 0.6) is 0 Å². The van der Waals surface area contributed by atoms with Crippen LogP contribution in [0.2, 0.25) is 0 Å². The van der Waals surface area contributed by atoms with Gasteiger partial charge in [-0.05, 0) is 0 Å². The number of halogens is 13. The van der Waals surface area contributed by atoms with Gasteiger partial charge in [0, 0.05) is 44.3 Å². The van der Waals surface area contributed by atoms with E-state index in [1.54, 1.807) is 0 Å². The molecule has 22 heteroatoms. The fourth-order valence-electron chi connectivity index (χ4n) is 2.83. The molecule has 0 fully saturated rings. The summed E-state index contributed by atoms with van der Waals surface area (Å²) in [5, 5.41) is 13.6. The molecule has 0 saturated carbocycles. The second kappa shape index (κ2) is 11.4. The summed E-state index contributed by atoms with van der Waals surface area (Å²) in [7, 11) is -4.87. The molecule has 0 aliphatic rings. The van der Waals surface area contributed by atoms with E-state index in [0.717, 1.165) is 0 Å². The van der Waals surface area contributed by atoms with Gasteiger partial charge in [-0.3, -0.25) is 0 Å². The first kappa shape index (κ1) is 36.9. The number of carboxylic acid groups (broad SMARTS) is 2. The summed E-state index contributed by atoms with van der Waals surface area (Å²) in [6, 6.07) is 0. The van der Waals surface area contributed by atoms with Crippen LogP contribution in [0.25, 0.3) is 0 Å². The van der Waals surface area contributed by atoms with Gasteiger partial charge < -0.3 is 24.3 Å². The number of quaternary nitrogens is 1. The Bertz CT molecular complexity index is 1000. The van der Waals surface area contributed by atoms with Crippen molar-refractivity contribution in [2.24, 2.45) is 0 Å². The standard InChI is InChI=1S/C17H21F13N2O6S/c1-32(2,9-5-11(35)36)8-3-6-31(7-4-10(33)34)39(37,38)17(29,30)15(24,25)13(20,21)12(18,19)14(22,23)16(26,27)28/h3-9H2,1-2H3,(H-,33,34,35,36)/p-1. The highest BCUT2D eigenvalue weighted by Gasteiger charge is 2.92. The predicted octanol–water partition coefficient (Wildman–Crippen LogP) is 1.06. The SMILES string of the molecule is C[N+](C)(CCCN(CCC(=O)[O-])S(=O)(=O)C(F)(F)C(F)(F)C(F)(F)C(F)(F)C(F)(F)C(F)(F)F)CCC(=O)[O-]. The Morgan fingerprint density at radius 3 is 1.46 bits per heavy atom. The van der Waals surface area contributed by atoms with Gasteiger partial charge in [0.2, 0.25) is 0 Å². The minimum absolute atomic E-state index is 0.253. The van der Waals surface area contributed by atoms with Crippen molar-refractivity contribution >= 4 is 22.0 Å². The number of hydrogen-bond acceptors (Lipinski definition) is 6. The monoisotopic (exact) mass is 627 g/mol. The van der Waals surface area contributed by atoms with Crippen LogP contribution in [-0.4, -0.2) is 105 Å². The lowest BCUT2D eigenvalue weighted by Crippen LogP contribution is -2.72. The molecule has 8 nitrogen and oxygen atoms in total. The maximum Gasteiger partial charge on any atom is 0.460 e. The number of aliphatic carboxylic acids is 2. The molecular weight excluding hydrogens is 607 g/mol. The van der Waals surface area contributed by atoms with Gasteiger partial charge in [0.1, 0.15) is 0 Å². The first-order chi connectivity index (χ1) is 16.9. The normalized spacial score (nSPS) is 15.1. The highest BCUT2D eigenvalue weighted by atomic mass is 32.2. The maximum atomic E-state index is 14.4. The number of carboxylic acids is 2. The van der Waals surface area contributed by atoms with Crippen LogP contribution in [0.3, 0.4) is 0 Å². The Labute approximate surface area is 211 Å². The second-order valence-electron chi connectivity index (χ2n) is 8.70. The fraction of sp³-hybridized carbons (Fsp3) is 0.882. The Balaban J connectivity index is 6.48. The van der Waals surface area contributed by atoms with Gasteiger partial charge in [-0.15, -0.1) is 0 Å². The summed E-state index contributed by atoms with van der Waals surface area (Å²) in [6.07, 6.45) is -10.6. The van der Waals surface area contributed by atoms with Crippen molar-refractivity contribution in [1.82, 2.24) is 4.31 Å². The number of rotatable bonds is 16. The zero-order valence-corrected chi connectivity index (χ0v) is 20.4. The van der Waals surface area contributed by atoms with Crippen molar-refractivity contribution in [3.8, 4) is 0 Å². The lowest BCUT2D eigenvalue weighted by atomic mass is 9.98. The number of nitrogens with zero attached hydrogens (tertiary/aromatic N) is 2. The van der Waals surface area contributed by atoms with E-state index in [2.05, 4.69) is 0 Å². The highest BCUT2D eigenvalue weighted by molar-refractivity contribution is 7.90. The lowest BCUT2D eigenvalue weighted by Gasteiger charge is -2.40. The molecule has 0 atom stereocenters. The van der Waals surface area contributed by atoms with E-state index in [1.807, 2.05) is 0 Å². The molecule has 0 rings (SSSR count). The van der Waals surface area contributed by atoms with Gasteiger partial charge in [0.25, 0.3) is 10.0 Å². The van der Waals surface area contributed by atoms with Gasteiger partial charge in [0.15, 0.2) is 0 Å². The van der Waals surface area contributed by atoms with Crippen molar-refractivity contribution in [2.75, 3.05) is 40.3 Å². The fourth-order valence-corrected chi connectivity index (χ4v) is 4.31. The van der Waals surface area contributed by atoms with Crippen molar-refractivity contribution in [3.63, 3.8) is 0 Å². The molecule has 0 aliphatic carbocycles. The molecule has 0 N–H and O–H groups in total. The van der Waals surface area contributed by atoms with Crippen LogP contribution in [0.4, 0.5) is 57.1 Å². The van der Waals surface area contributed by atoms with Crippen molar-refractivity contribution in [2.45, 2.75) is 54.4 Å². The van der Waals surface area contributed by atoms with Gasteiger partial charge in [-0.25, -0.2) is 8.42 Å². The van der Waals surface area contributed by atoms with Crippen LogP contribution in [0.1, 0.15) is 19.3 Å². The lowest BCUT2D eigenvalue weighted by molar-refractivity contribution is -0.890. The van der Waals surface area contributed by atoms with Gasteiger partial charge in [-0.2, -0.15) is 61.4 Å². The van der Waals surface area contributed by atoms with E-state index in [1.165, 1.54) is 14.1 Å². The summed E-state index contributed by atoms with van der Waals surface area (Å²) in [6.45, 7) is -3.83. The van der Waals surface area contributed by atoms with Crippen molar-refractivity contribution in [1.29, 1.82) is 0 Å². The molecule has 0 aromatic carbocycles. The maximum absolute atomic E-state index is 14.4. The predicted molar refractivity (Wildman–Crippen MR) is 97.0 cm³/mol. The molecule has 0 aromatic heterocycles. The van der Waals surface area contributed by atoms with Crippen molar-refractivity contribution in [3.05, 3.63) is 0 Å². The molecule has 0 bridgehead atoms. The van der Waals surface area contributed by atoms with Crippen LogP contribution in [0.15, 0.2) is 0 Å². The summed E-state index contributed by atoms with van der Waals surface area (Å²) in [5.74, 6) is -36.7. The Morgan fingerprint density at radius 1 is 0.667 bits per heavy atom. The van der Waals surface area contributed by atoms with Gasteiger partial charge in [0.05, 0.1) is 27.2 Å². The third-order valence-electron chi connectivity index (χ3n) is 5.23. The van der Waals surface area contributed by atoms with Crippen LogP contribution >= 0.6 is 0 Å². The summed E-state index contributed by atoms with van der Waals surface area (Å²) < 4.78 is 197. The summed E-state index contributed by atoms with van der Waals surface area (Å²) in [5.41, 5.74) is 0. The molecule has 0 radical (unpaired) electrons. The average molecular weight is 627 g/mol. The van der Waals surface area contributed by atoms with E-state index in [4.69, 9.17) is 0 Å². The number of hydrogen-bond donors (Lipinski definition) is 0. The van der Waals surface area contributed by atoms with E-state index in [9.17, 15) is 85.3 Å². The van der Waals surface area contributed by atoms with E-state index < -0.39 is 100 Å². The molecule has 0 aliphatic heterocycles. The molecule has 232 valence electrons. The van der Waals surface area contributed by atoms with Gasteiger partial charge >= 0.3 is 35.1 Å². The van der Waals surface area contributed by atoms with E-state index in [0.29, 0.717) is 0 Å². The third kappa shape index (κ3) is 7.16. The average Bonchev–Trinajstić information content (AvgIpc) is 2.72. The minimum atomic E-state index is -8.36.